The van der Waals surface area contributed by atoms with Crippen molar-refractivity contribution in [2.45, 2.75) is 64.5 Å². The van der Waals surface area contributed by atoms with E-state index in [9.17, 15) is 4.79 Å². The molecule has 1 saturated carbocycles. The molecule has 4 heteroatoms. The molecule has 0 N–H and O–H groups in total. The summed E-state index contributed by atoms with van der Waals surface area (Å²) in [6, 6.07) is 4.23. The van der Waals surface area contributed by atoms with Gasteiger partial charge in [0.1, 0.15) is 7.05 Å². The molecule has 0 spiro atoms. The van der Waals surface area contributed by atoms with Crippen LogP contribution >= 0.6 is 0 Å². The number of carbonyl (C=O) groups is 1. The Labute approximate surface area is 145 Å². The van der Waals surface area contributed by atoms with Gasteiger partial charge in [-0.1, -0.05) is 19.3 Å². The lowest BCUT2D eigenvalue weighted by atomic mass is 9.90. The number of hydrogen-bond donors (Lipinski definition) is 0. The molecule has 0 unspecified atom stereocenters. The first kappa shape index (κ1) is 18.4. The number of hydrogen-bond acceptors (Lipinski definition) is 1. The van der Waals surface area contributed by atoms with Crippen LogP contribution in [-0.4, -0.2) is 22.4 Å². The van der Waals surface area contributed by atoms with E-state index in [1.807, 2.05) is 36.1 Å². The van der Waals surface area contributed by atoms with Gasteiger partial charge in [0.2, 0.25) is 0 Å². The van der Waals surface area contributed by atoms with Crippen LogP contribution in [-0.2, 0) is 7.05 Å². The minimum absolute atomic E-state index is 0. The summed E-state index contributed by atoms with van der Waals surface area (Å²) in [6.07, 6.45) is 9.96. The molecule has 0 aromatic carbocycles. The van der Waals surface area contributed by atoms with Crippen LogP contribution in [0.4, 0.5) is 0 Å². The Kier molecular flexibility index (Phi) is 6.63. The van der Waals surface area contributed by atoms with Crippen LogP contribution in [0.15, 0.2) is 24.5 Å². The summed E-state index contributed by atoms with van der Waals surface area (Å²) in [6.45, 7) is 6.42. The molecule has 0 atom stereocenters. The third-order valence-electron chi connectivity index (χ3n) is 4.11. The number of amides is 1. The normalized spacial score (nSPS) is 16.2. The fraction of sp³-hybridized carbons (Fsp3) is 0.647. The maximum atomic E-state index is 12.9. The van der Waals surface area contributed by atoms with E-state index in [4.69, 9.17) is 0 Å². The number of rotatable bonds is 2. The van der Waals surface area contributed by atoms with Crippen LogP contribution in [0.5, 0.6) is 0 Å². The van der Waals surface area contributed by atoms with Crippen molar-refractivity contribution in [3.63, 3.8) is 0 Å². The Morgan fingerprint density at radius 2 is 1.67 bits per heavy atom. The molecular weight excluding hydrogens is 375 g/mol. The molecule has 0 saturated heterocycles. The standard InChI is InChI=1S/C17H27N2O.HI/c1-17(2,3)19(15-8-6-5-7-9-15)16(20)14-10-12-18(4)13-11-14;/h10-13,15H,5-9H2,1-4H3;1H/q+1;/p-1. The number of aromatic nitrogens is 1. The van der Waals surface area contributed by atoms with Gasteiger partial charge in [-0.15, -0.1) is 0 Å². The predicted molar refractivity (Wildman–Crippen MR) is 80.4 cm³/mol. The second-order valence-electron chi connectivity index (χ2n) is 6.89. The third kappa shape index (κ3) is 4.66. The Bertz CT molecular complexity index is 459. The quantitative estimate of drug-likeness (QED) is 0.508. The SMILES string of the molecule is C[n+]1ccc(C(=O)N(C2CCCCC2)C(C)(C)C)cc1.[I-]. The number of aryl methyl sites for hydroxylation is 1. The fourth-order valence-electron chi connectivity index (χ4n) is 3.14. The van der Waals surface area contributed by atoms with Crippen molar-refractivity contribution >= 4 is 5.91 Å². The lowest BCUT2D eigenvalue weighted by Gasteiger charge is -2.43. The summed E-state index contributed by atoms with van der Waals surface area (Å²) in [4.78, 5) is 15.0. The Balaban J connectivity index is 0.00000220. The summed E-state index contributed by atoms with van der Waals surface area (Å²) in [5, 5.41) is 0. The molecule has 0 radical (unpaired) electrons. The van der Waals surface area contributed by atoms with Gasteiger partial charge in [0.15, 0.2) is 12.4 Å². The predicted octanol–water partition coefficient (Wildman–Crippen LogP) is 0.0885. The molecule has 3 nitrogen and oxygen atoms in total. The van der Waals surface area contributed by atoms with Crippen molar-refractivity contribution in [3.05, 3.63) is 30.1 Å². The maximum Gasteiger partial charge on any atom is 0.254 e. The van der Waals surface area contributed by atoms with Gasteiger partial charge in [0.05, 0.1) is 5.56 Å². The van der Waals surface area contributed by atoms with Gasteiger partial charge in [-0.05, 0) is 33.6 Å². The zero-order valence-corrected chi connectivity index (χ0v) is 15.8. The van der Waals surface area contributed by atoms with E-state index >= 15 is 0 Å². The van der Waals surface area contributed by atoms with Crippen LogP contribution in [0.3, 0.4) is 0 Å². The van der Waals surface area contributed by atoms with Crippen LogP contribution in [0.2, 0.25) is 0 Å². The summed E-state index contributed by atoms with van der Waals surface area (Å²) < 4.78 is 1.96. The van der Waals surface area contributed by atoms with Crippen molar-refractivity contribution in [3.8, 4) is 0 Å². The summed E-state index contributed by atoms with van der Waals surface area (Å²) >= 11 is 0. The molecule has 2 rings (SSSR count). The van der Waals surface area contributed by atoms with E-state index < -0.39 is 0 Å². The van der Waals surface area contributed by atoms with Crippen molar-refractivity contribution in [1.29, 1.82) is 0 Å². The van der Waals surface area contributed by atoms with Gasteiger partial charge in [0.25, 0.3) is 5.91 Å². The second-order valence-corrected chi connectivity index (χ2v) is 6.89. The molecule has 1 aromatic heterocycles. The zero-order valence-electron chi connectivity index (χ0n) is 13.6. The fourth-order valence-corrected chi connectivity index (χ4v) is 3.14. The smallest absolute Gasteiger partial charge is 0.254 e. The van der Waals surface area contributed by atoms with Crippen LogP contribution < -0.4 is 28.5 Å². The lowest BCUT2D eigenvalue weighted by molar-refractivity contribution is -0.671. The average Bonchev–Trinajstić information content (AvgIpc) is 2.39. The molecule has 21 heavy (non-hydrogen) atoms. The maximum absolute atomic E-state index is 12.9. The van der Waals surface area contributed by atoms with Gasteiger partial charge in [-0.25, -0.2) is 4.57 Å². The zero-order chi connectivity index (χ0) is 14.8. The van der Waals surface area contributed by atoms with E-state index in [-0.39, 0.29) is 35.4 Å². The molecule has 1 aliphatic carbocycles. The average molecular weight is 402 g/mol. The number of pyridine rings is 1. The van der Waals surface area contributed by atoms with Crippen LogP contribution in [0, 0.1) is 0 Å². The molecule has 1 fully saturated rings. The monoisotopic (exact) mass is 402 g/mol. The highest BCUT2D eigenvalue weighted by molar-refractivity contribution is 5.94. The number of nitrogens with zero attached hydrogens (tertiary/aromatic N) is 2. The van der Waals surface area contributed by atoms with Gasteiger partial charge in [-0.2, -0.15) is 0 Å². The summed E-state index contributed by atoms with van der Waals surface area (Å²) in [5.74, 6) is 0.171. The van der Waals surface area contributed by atoms with Gasteiger partial charge in [-0.3, -0.25) is 4.79 Å². The van der Waals surface area contributed by atoms with E-state index in [0.29, 0.717) is 6.04 Å². The van der Waals surface area contributed by atoms with Crippen LogP contribution in [0.25, 0.3) is 0 Å². The highest BCUT2D eigenvalue weighted by Crippen LogP contribution is 2.29. The highest BCUT2D eigenvalue weighted by Gasteiger charge is 2.34. The van der Waals surface area contributed by atoms with Crippen molar-refractivity contribution in [2.24, 2.45) is 7.05 Å². The van der Waals surface area contributed by atoms with E-state index in [2.05, 4.69) is 25.7 Å². The second kappa shape index (κ2) is 7.56. The van der Waals surface area contributed by atoms with Gasteiger partial charge >= 0.3 is 0 Å². The first-order valence-electron chi connectivity index (χ1n) is 7.68. The van der Waals surface area contributed by atoms with Gasteiger partial charge < -0.3 is 28.9 Å². The van der Waals surface area contributed by atoms with Crippen molar-refractivity contribution in [2.75, 3.05) is 0 Å². The molecule has 0 bridgehead atoms. The van der Waals surface area contributed by atoms with Crippen molar-refractivity contribution in [1.82, 2.24) is 4.90 Å². The van der Waals surface area contributed by atoms with Gasteiger partial charge in [0, 0.05) is 23.7 Å². The first-order valence-corrected chi connectivity index (χ1v) is 7.68. The topological polar surface area (TPSA) is 24.2 Å². The molecule has 1 aliphatic rings. The van der Waals surface area contributed by atoms with Crippen molar-refractivity contribution < 1.29 is 33.3 Å². The first-order chi connectivity index (χ1) is 9.39. The summed E-state index contributed by atoms with van der Waals surface area (Å²) in [5.41, 5.74) is 0.667. The van der Waals surface area contributed by atoms with Crippen LogP contribution in [0.1, 0.15) is 63.2 Å². The number of carbonyl (C=O) groups excluding carboxylic acids is 1. The minimum Gasteiger partial charge on any atom is -1.00 e. The van der Waals surface area contributed by atoms with E-state index in [1.54, 1.807) is 0 Å². The van der Waals surface area contributed by atoms with E-state index in [1.165, 1.54) is 19.3 Å². The molecule has 0 aliphatic heterocycles. The summed E-state index contributed by atoms with van der Waals surface area (Å²) in [7, 11) is 1.97. The molecule has 118 valence electrons. The minimum atomic E-state index is -0.128. The lowest BCUT2D eigenvalue weighted by Crippen LogP contribution is -3.00. The Hall–Kier alpha value is -0.650. The van der Waals surface area contributed by atoms with E-state index in [0.717, 1.165) is 18.4 Å². The molecular formula is C17H27IN2O. The third-order valence-corrected chi connectivity index (χ3v) is 4.11. The molecule has 1 amide bonds. The molecule has 1 aromatic rings. The Morgan fingerprint density at radius 1 is 1.14 bits per heavy atom. The largest absolute Gasteiger partial charge is 1.00 e. The highest BCUT2D eigenvalue weighted by atomic mass is 127. The number of halogens is 1. The Morgan fingerprint density at radius 3 is 2.14 bits per heavy atom. The molecule has 1 heterocycles.